The number of amides is 1. The fourth-order valence-corrected chi connectivity index (χ4v) is 3.26. The number of carbonyl (C=O) groups is 3. The van der Waals surface area contributed by atoms with Crippen LogP contribution >= 0.6 is 0 Å². The minimum atomic E-state index is -1.09. The standard InChI is InChI=1S/C20H27NO5/c1-13(19(25)26-20(2,3)4)21-16(18(23)24)12-15(17(21)22)11-10-14-8-6-5-7-9-14/h5-9,13,15-16H,10-12H2,1-4H3,(H,23,24)/t13?,15-,16+/m1/s1. The van der Waals surface area contributed by atoms with Gasteiger partial charge in [-0.15, -0.1) is 0 Å². The molecule has 6 nitrogen and oxygen atoms in total. The Morgan fingerprint density at radius 1 is 1.27 bits per heavy atom. The number of carbonyl (C=O) groups excluding carboxylic acids is 2. The van der Waals surface area contributed by atoms with Crippen molar-refractivity contribution >= 4 is 17.8 Å². The van der Waals surface area contributed by atoms with E-state index in [2.05, 4.69) is 0 Å². The number of aryl methyl sites for hydroxylation is 1. The Kier molecular flexibility index (Phi) is 6.05. The summed E-state index contributed by atoms with van der Waals surface area (Å²) in [5.41, 5.74) is 0.408. The number of hydrogen-bond acceptors (Lipinski definition) is 4. The van der Waals surface area contributed by atoms with E-state index in [1.54, 1.807) is 20.8 Å². The maximum Gasteiger partial charge on any atom is 0.329 e. The molecule has 0 aromatic heterocycles. The zero-order valence-electron chi connectivity index (χ0n) is 15.8. The van der Waals surface area contributed by atoms with Crippen LogP contribution in [0.2, 0.25) is 0 Å². The molecule has 0 spiro atoms. The molecule has 1 heterocycles. The van der Waals surface area contributed by atoms with Gasteiger partial charge in [0, 0.05) is 5.92 Å². The van der Waals surface area contributed by atoms with E-state index in [-0.39, 0.29) is 12.3 Å². The topological polar surface area (TPSA) is 83.9 Å². The molecule has 1 aromatic rings. The average Bonchev–Trinajstić information content (AvgIpc) is 2.88. The third-order valence-electron chi connectivity index (χ3n) is 4.52. The highest BCUT2D eigenvalue weighted by Gasteiger charge is 2.47. The summed E-state index contributed by atoms with van der Waals surface area (Å²) >= 11 is 0. The Bertz CT molecular complexity index is 665. The van der Waals surface area contributed by atoms with E-state index in [0.717, 1.165) is 5.56 Å². The molecular weight excluding hydrogens is 334 g/mol. The Labute approximate surface area is 154 Å². The monoisotopic (exact) mass is 361 g/mol. The van der Waals surface area contributed by atoms with Crippen LogP contribution in [0.5, 0.6) is 0 Å². The van der Waals surface area contributed by atoms with Crippen LogP contribution in [0.3, 0.4) is 0 Å². The maximum atomic E-state index is 12.8. The van der Waals surface area contributed by atoms with Gasteiger partial charge in [-0.25, -0.2) is 9.59 Å². The lowest BCUT2D eigenvalue weighted by molar-refractivity contribution is -0.166. The maximum absolute atomic E-state index is 12.8. The van der Waals surface area contributed by atoms with Gasteiger partial charge in [0.2, 0.25) is 5.91 Å². The Balaban J connectivity index is 2.10. The zero-order valence-corrected chi connectivity index (χ0v) is 15.8. The van der Waals surface area contributed by atoms with Gasteiger partial charge in [0.1, 0.15) is 17.7 Å². The van der Waals surface area contributed by atoms with Crippen molar-refractivity contribution in [3.8, 4) is 0 Å². The molecule has 26 heavy (non-hydrogen) atoms. The summed E-state index contributed by atoms with van der Waals surface area (Å²) in [7, 11) is 0. The summed E-state index contributed by atoms with van der Waals surface area (Å²) in [5, 5.41) is 9.52. The molecule has 0 bridgehead atoms. The van der Waals surface area contributed by atoms with E-state index < -0.39 is 35.5 Å². The number of hydrogen-bond donors (Lipinski definition) is 1. The number of ether oxygens (including phenoxy) is 1. The quantitative estimate of drug-likeness (QED) is 0.788. The van der Waals surface area contributed by atoms with Crippen molar-refractivity contribution in [3.05, 3.63) is 35.9 Å². The first-order chi connectivity index (χ1) is 12.1. The molecule has 1 amide bonds. The van der Waals surface area contributed by atoms with Gasteiger partial charge in [-0.1, -0.05) is 30.3 Å². The zero-order chi connectivity index (χ0) is 19.5. The molecule has 142 valence electrons. The second-order valence-electron chi connectivity index (χ2n) is 7.77. The summed E-state index contributed by atoms with van der Waals surface area (Å²) < 4.78 is 5.33. The van der Waals surface area contributed by atoms with Gasteiger partial charge in [-0.2, -0.15) is 0 Å². The van der Waals surface area contributed by atoms with Crippen molar-refractivity contribution in [1.82, 2.24) is 4.90 Å². The number of carboxylic acid groups (broad SMARTS) is 1. The van der Waals surface area contributed by atoms with Crippen molar-refractivity contribution in [2.75, 3.05) is 0 Å². The predicted molar refractivity (Wildman–Crippen MR) is 96.4 cm³/mol. The minimum Gasteiger partial charge on any atom is -0.480 e. The molecule has 1 aliphatic heterocycles. The highest BCUT2D eigenvalue weighted by molar-refractivity contribution is 5.93. The van der Waals surface area contributed by atoms with Crippen molar-refractivity contribution in [2.24, 2.45) is 5.92 Å². The fraction of sp³-hybridized carbons (Fsp3) is 0.550. The molecule has 1 saturated heterocycles. The van der Waals surface area contributed by atoms with E-state index in [0.29, 0.717) is 12.8 Å². The third-order valence-corrected chi connectivity index (χ3v) is 4.52. The average molecular weight is 361 g/mol. The van der Waals surface area contributed by atoms with Crippen LogP contribution < -0.4 is 0 Å². The SMILES string of the molecule is CC(C(=O)OC(C)(C)C)N1C(=O)[C@H](CCc2ccccc2)C[C@H]1C(=O)O. The van der Waals surface area contributed by atoms with Gasteiger partial charge in [0.05, 0.1) is 0 Å². The molecule has 1 aliphatic rings. The molecule has 1 N–H and O–H groups in total. The first-order valence-corrected chi connectivity index (χ1v) is 8.92. The van der Waals surface area contributed by atoms with Crippen LogP contribution in [0.4, 0.5) is 0 Å². The van der Waals surface area contributed by atoms with Gasteiger partial charge in [-0.05, 0) is 52.5 Å². The van der Waals surface area contributed by atoms with Gasteiger partial charge < -0.3 is 14.7 Å². The molecule has 0 aliphatic carbocycles. The summed E-state index contributed by atoms with van der Waals surface area (Å²) in [6.07, 6.45) is 1.47. The van der Waals surface area contributed by atoms with Gasteiger partial charge >= 0.3 is 11.9 Å². The summed E-state index contributed by atoms with van der Waals surface area (Å²) in [6.45, 7) is 6.74. The van der Waals surface area contributed by atoms with Crippen molar-refractivity contribution in [1.29, 1.82) is 0 Å². The summed E-state index contributed by atoms with van der Waals surface area (Å²) in [4.78, 5) is 38.0. The Morgan fingerprint density at radius 3 is 2.42 bits per heavy atom. The van der Waals surface area contributed by atoms with Gasteiger partial charge in [0.25, 0.3) is 0 Å². The lowest BCUT2D eigenvalue weighted by atomic mass is 9.96. The molecule has 3 atom stereocenters. The van der Waals surface area contributed by atoms with E-state index in [1.807, 2.05) is 30.3 Å². The molecule has 2 rings (SSSR count). The highest BCUT2D eigenvalue weighted by Crippen LogP contribution is 2.31. The fourth-order valence-electron chi connectivity index (χ4n) is 3.26. The van der Waals surface area contributed by atoms with E-state index in [9.17, 15) is 19.5 Å². The van der Waals surface area contributed by atoms with Crippen molar-refractivity contribution in [2.45, 2.75) is 64.6 Å². The lowest BCUT2D eigenvalue weighted by Crippen LogP contribution is -2.49. The van der Waals surface area contributed by atoms with Crippen LogP contribution in [0, 0.1) is 5.92 Å². The number of benzene rings is 1. The Morgan fingerprint density at radius 2 is 1.88 bits per heavy atom. The largest absolute Gasteiger partial charge is 0.480 e. The number of likely N-dealkylation sites (tertiary alicyclic amines) is 1. The van der Waals surface area contributed by atoms with Gasteiger partial charge in [0.15, 0.2) is 0 Å². The van der Waals surface area contributed by atoms with E-state index in [4.69, 9.17) is 4.74 Å². The summed E-state index contributed by atoms with van der Waals surface area (Å²) in [6, 6.07) is 7.83. The smallest absolute Gasteiger partial charge is 0.329 e. The first kappa shape index (κ1) is 19.9. The van der Waals surface area contributed by atoms with Crippen LogP contribution in [-0.4, -0.2) is 45.5 Å². The summed E-state index contributed by atoms with van der Waals surface area (Å²) in [5.74, 6) is -2.36. The minimum absolute atomic E-state index is 0.216. The molecule has 1 fully saturated rings. The number of aliphatic carboxylic acids is 1. The Hall–Kier alpha value is -2.37. The molecule has 0 saturated carbocycles. The highest BCUT2D eigenvalue weighted by atomic mass is 16.6. The van der Waals surface area contributed by atoms with Crippen LogP contribution in [0.25, 0.3) is 0 Å². The number of nitrogens with zero attached hydrogens (tertiary/aromatic N) is 1. The predicted octanol–water partition coefficient (Wildman–Crippen LogP) is 2.65. The normalized spacial score (nSPS) is 21.5. The van der Waals surface area contributed by atoms with Crippen molar-refractivity contribution in [3.63, 3.8) is 0 Å². The number of carboxylic acids is 1. The molecular formula is C20H27NO5. The molecule has 1 aromatic carbocycles. The molecule has 6 heteroatoms. The van der Waals surface area contributed by atoms with Crippen LogP contribution in [0.15, 0.2) is 30.3 Å². The van der Waals surface area contributed by atoms with Gasteiger partial charge in [-0.3, -0.25) is 4.79 Å². The van der Waals surface area contributed by atoms with E-state index >= 15 is 0 Å². The molecule has 1 unspecified atom stereocenters. The number of rotatable bonds is 6. The second kappa shape index (κ2) is 7.89. The molecule has 0 radical (unpaired) electrons. The first-order valence-electron chi connectivity index (χ1n) is 8.92. The van der Waals surface area contributed by atoms with Crippen LogP contribution in [-0.2, 0) is 25.5 Å². The van der Waals surface area contributed by atoms with Crippen molar-refractivity contribution < 1.29 is 24.2 Å². The lowest BCUT2D eigenvalue weighted by Gasteiger charge is -2.30. The third kappa shape index (κ3) is 4.84. The van der Waals surface area contributed by atoms with E-state index in [1.165, 1.54) is 11.8 Å². The second-order valence-corrected chi connectivity index (χ2v) is 7.77. The van der Waals surface area contributed by atoms with Crippen LogP contribution in [0.1, 0.15) is 46.1 Å². The number of esters is 1.